The van der Waals surface area contributed by atoms with E-state index in [1.807, 2.05) is 16.3 Å². The SMILES string of the molecule is O=C(c1csc(-c2cocn2)c1)N1CCCC2CCCC=C21. The van der Waals surface area contributed by atoms with Crippen LogP contribution < -0.4 is 0 Å². The van der Waals surface area contributed by atoms with Gasteiger partial charge in [-0.15, -0.1) is 11.3 Å². The molecule has 0 saturated carbocycles. The molecule has 0 spiro atoms. The van der Waals surface area contributed by atoms with Gasteiger partial charge in [0.05, 0.1) is 10.4 Å². The number of carbonyl (C=O) groups excluding carboxylic acids is 1. The zero-order valence-corrected chi connectivity index (χ0v) is 13.1. The maximum Gasteiger partial charge on any atom is 0.258 e. The number of rotatable bonds is 2. The quantitative estimate of drug-likeness (QED) is 0.829. The predicted molar refractivity (Wildman–Crippen MR) is 85.5 cm³/mol. The number of allylic oxidation sites excluding steroid dienone is 2. The normalized spacial score (nSPS) is 21.4. The molecule has 1 aliphatic heterocycles. The van der Waals surface area contributed by atoms with E-state index < -0.39 is 0 Å². The van der Waals surface area contributed by atoms with Crippen LogP contribution in [0.3, 0.4) is 0 Å². The largest absolute Gasteiger partial charge is 0.451 e. The van der Waals surface area contributed by atoms with Crippen molar-refractivity contribution in [2.45, 2.75) is 32.1 Å². The molecule has 22 heavy (non-hydrogen) atoms. The number of likely N-dealkylation sites (tertiary alicyclic amines) is 1. The second-order valence-corrected chi connectivity index (χ2v) is 6.84. The minimum absolute atomic E-state index is 0.129. The Morgan fingerprint density at radius 1 is 1.36 bits per heavy atom. The summed E-state index contributed by atoms with van der Waals surface area (Å²) in [6.07, 6.45) is 11.2. The molecule has 1 unspecified atom stereocenters. The summed E-state index contributed by atoms with van der Waals surface area (Å²) >= 11 is 1.54. The average Bonchev–Trinajstić information content (AvgIpc) is 3.24. The van der Waals surface area contributed by atoms with Gasteiger partial charge in [-0.05, 0) is 44.1 Å². The molecule has 1 atom stereocenters. The molecular weight excluding hydrogens is 296 g/mol. The number of nitrogens with zero attached hydrogens (tertiary/aromatic N) is 2. The van der Waals surface area contributed by atoms with Crippen molar-refractivity contribution in [2.75, 3.05) is 6.54 Å². The second kappa shape index (κ2) is 5.72. The molecular formula is C17H18N2O2S. The fourth-order valence-corrected chi connectivity index (χ4v) is 4.31. The Hall–Kier alpha value is -1.88. The number of thiophene rings is 1. The van der Waals surface area contributed by atoms with E-state index in [9.17, 15) is 4.79 Å². The van der Waals surface area contributed by atoms with Crippen molar-refractivity contribution in [3.8, 4) is 10.6 Å². The standard InChI is InChI=1S/C17H18N2O2S/c20-17(13-8-16(22-10-13)14-9-21-11-18-14)19-7-3-5-12-4-1-2-6-15(12)19/h6,8-12H,1-5,7H2. The molecule has 1 fully saturated rings. The van der Waals surface area contributed by atoms with Crippen molar-refractivity contribution < 1.29 is 9.21 Å². The maximum atomic E-state index is 12.9. The number of hydrogen-bond acceptors (Lipinski definition) is 4. The van der Waals surface area contributed by atoms with Crippen LogP contribution in [0.4, 0.5) is 0 Å². The van der Waals surface area contributed by atoms with E-state index in [0.717, 1.165) is 35.5 Å². The molecule has 2 aliphatic rings. The van der Waals surface area contributed by atoms with Gasteiger partial charge >= 0.3 is 0 Å². The zero-order valence-electron chi connectivity index (χ0n) is 12.3. The van der Waals surface area contributed by atoms with E-state index in [4.69, 9.17) is 4.42 Å². The summed E-state index contributed by atoms with van der Waals surface area (Å²) in [7, 11) is 0. The van der Waals surface area contributed by atoms with Crippen LogP contribution in [-0.4, -0.2) is 22.3 Å². The van der Waals surface area contributed by atoms with E-state index in [1.165, 1.54) is 42.7 Å². The summed E-state index contributed by atoms with van der Waals surface area (Å²) < 4.78 is 5.02. The van der Waals surface area contributed by atoms with Crippen LogP contribution in [0.5, 0.6) is 0 Å². The van der Waals surface area contributed by atoms with Crippen LogP contribution in [-0.2, 0) is 0 Å². The lowest BCUT2D eigenvalue weighted by atomic mass is 9.84. The number of hydrogen-bond donors (Lipinski definition) is 0. The molecule has 1 aliphatic carbocycles. The summed E-state index contributed by atoms with van der Waals surface area (Å²) in [6, 6.07) is 1.93. The zero-order chi connectivity index (χ0) is 14.9. The molecule has 1 saturated heterocycles. The Labute approximate surface area is 133 Å². The maximum absolute atomic E-state index is 12.9. The molecule has 5 heteroatoms. The van der Waals surface area contributed by atoms with Crippen LogP contribution in [0.15, 0.2) is 40.3 Å². The van der Waals surface area contributed by atoms with Crippen molar-refractivity contribution in [1.29, 1.82) is 0 Å². The van der Waals surface area contributed by atoms with Crippen LogP contribution in [0, 0.1) is 5.92 Å². The highest BCUT2D eigenvalue weighted by Gasteiger charge is 2.31. The Balaban J connectivity index is 1.60. The molecule has 114 valence electrons. The average molecular weight is 314 g/mol. The third-order valence-electron chi connectivity index (χ3n) is 4.55. The van der Waals surface area contributed by atoms with Gasteiger partial charge in [0.1, 0.15) is 12.0 Å². The first-order valence-corrected chi connectivity index (χ1v) is 8.70. The fraction of sp³-hybridized carbons (Fsp3) is 0.412. The summed E-state index contributed by atoms with van der Waals surface area (Å²) in [5, 5.41) is 1.93. The van der Waals surface area contributed by atoms with E-state index in [0.29, 0.717) is 5.92 Å². The highest BCUT2D eigenvalue weighted by molar-refractivity contribution is 7.13. The molecule has 0 bridgehead atoms. The molecule has 2 aromatic rings. The lowest BCUT2D eigenvalue weighted by Gasteiger charge is -2.37. The molecule has 0 N–H and O–H groups in total. The molecule has 0 aromatic carbocycles. The number of aromatic nitrogens is 1. The Kier molecular flexibility index (Phi) is 3.58. The second-order valence-electron chi connectivity index (χ2n) is 5.93. The van der Waals surface area contributed by atoms with Gasteiger partial charge in [0.2, 0.25) is 0 Å². The number of piperidine rings is 1. The monoisotopic (exact) mass is 314 g/mol. The molecule has 2 aromatic heterocycles. The first kappa shape index (κ1) is 13.8. The van der Waals surface area contributed by atoms with Crippen LogP contribution in [0.2, 0.25) is 0 Å². The lowest BCUT2D eigenvalue weighted by Crippen LogP contribution is -2.38. The molecule has 3 heterocycles. The van der Waals surface area contributed by atoms with Gasteiger partial charge in [0.15, 0.2) is 6.39 Å². The minimum atomic E-state index is 0.129. The first-order chi connectivity index (χ1) is 10.8. The van der Waals surface area contributed by atoms with Crippen molar-refractivity contribution in [2.24, 2.45) is 5.92 Å². The molecule has 1 amide bonds. The Bertz CT molecular complexity index is 702. The van der Waals surface area contributed by atoms with Crippen molar-refractivity contribution >= 4 is 17.2 Å². The number of oxazole rings is 1. The summed E-state index contributed by atoms with van der Waals surface area (Å²) in [4.78, 5) is 20.0. The topological polar surface area (TPSA) is 46.3 Å². The minimum Gasteiger partial charge on any atom is -0.451 e. The van der Waals surface area contributed by atoms with Crippen molar-refractivity contribution in [1.82, 2.24) is 9.88 Å². The van der Waals surface area contributed by atoms with Crippen LogP contribution >= 0.6 is 11.3 Å². The highest BCUT2D eigenvalue weighted by Crippen LogP contribution is 2.36. The van der Waals surface area contributed by atoms with Gasteiger partial charge in [0, 0.05) is 17.6 Å². The Morgan fingerprint density at radius 2 is 2.27 bits per heavy atom. The summed E-state index contributed by atoms with van der Waals surface area (Å²) in [5.74, 6) is 0.712. The van der Waals surface area contributed by atoms with Crippen molar-refractivity contribution in [3.63, 3.8) is 0 Å². The predicted octanol–water partition coefficient (Wildman–Crippen LogP) is 4.32. The number of carbonyl (C=O) groups is 1. The van der Waals surface area contributed by atoms with Gasteiger partial charge in [0.25, 0.3) is 5.91 Å². The van der Waals surface area contributed by atoms with Gasteiger partial charge in [-0.1, -0.05) is 6.08 Å². The molecule has 0 radical (unpaired) electrons. The van der Waals surface area contributed by atoms with Gasteiger partial charge in [-0.2, -0.15) is 0 Å². The van der Waals surface area contributed by atoms with Crippen molar-refractivity contribution in [3.05, 3.63) is 41.4 Å². The van der Waals surface area contributed by atoms with Gasteiger partial charge in [-0.3, -0.25) is 4.79 Å². The van der Waals surface area contributed by atoms with Gasteiger partial charge < -0.3 is 9.32 Å². The third-order valence-corrected chi connectivity index (χ3v) is 5.50. The van der Waals surface area contributed by atoms with Gasteiger partial charge in [-0.25, -0.2) is 4.98 Å². The Morgan fingerprint density at radius 3 is 3.14 bits per heavy atom. The highest BCUT2D eigenvalue weighted by atomic mass is 32.1. The van der Waals surface area contributed by atoms with E-state index in [-0.39, 0.29) is 5.91 Å². The summed E-state index contributed by atoms with van der Waals surface area (Å²) in [5.41, 5.74) is 2.81. The molecule has 4 rings (SSSR count). The fourth-order valence-electron chi connectivity index (χ4n) is 3.47. The first-order valence-electron chi connectivity index (χ1n) is 7.82. The van der Waals surface area contributed by atoms with E-state index in [1.54, 1.807) is 6.26 Å². The van der Waals surface area contributed by atoms with Crippen LogP contribution in [0.25, 0.3) is 10.6 Å². The number of amides is 1. The van der Waals surface area contributed by atoms with Crippen LogP contribution in [0.1, 0.15) is 42.5 Å². The smallest absolute Gasteiger partial charge is 0.258 e. The summed E-state index contributed by atoms with van der Waals surface area (Å²) in [6.45, 7) is 0.844. The third kappa shape index (κ3) is 2.39. The molecule has 4 nitrogen and oxygen atoms in total. The van der Waals surface area contributed by atoms with E-state index in [2.05, 4.69) is 11.1 Å². The lowest BCUT2D eigenvalue weighted by molar-refractivity contribution is 0.0749. The van der Waals surface area contributed by atoms with E-state index >= 15 is 0 Å². The number of fused-ring (bicyclic) bond motifs is 1.